The van der Waals surface area contributed by atoms with Gasteiger partial charge < -0.3 is 4.90 Å². The van der Waals surface area contributed by atoms with E-state index < -0.39 is 8.07 Å². The number of nitrogens with zero attached hydrogens (tertiary/aromatic N) is 1. The van der Waals surface area contributed by atoms with E-state index in [1.165, 1.54) is 31.9 Å². The molecule has 1 aliphatic rings. The third-order valence-electron chi connectivity index (χ3n) is 7.75. The van der Waals surface area contributed by atoms with Crippen LogP contribution in [0.2, 0.25) is 0 Å². The van der Waals surface area contributed by atoms with E-state index in [9.17, 15) is 0 Å². The van der Waals surface area contributed by atoms with Gasteiger partial charge in [0.05, 0.1) is 0 Å². The third kappa shape index (κ3) is 3.46. The number of hydrogen-bond donors (Lipinski definition) is 0. The summed E-state index contributed by atoms with van der Waals surface area (Å²) in [6.45, 7) is 0. The van der Waals surface area contributed by atoms with Crippen LogP contribution in [-0.2, 0) is 0 Å². The average Bonchev–Trinajstić information content (AvgIpc) is 3.31. The Bertz CT molecular complexity index is 1610. The van der Waals surface area contributed by atoms with Crippen LogP contribution >= 0.6 is 0 Å². The summed E-state index contributed by atoms with van der Waals surface area (Å²) in [5.41, 5.74) is 6.20. The number of rotatable bonds is 5. The summed E-state index contributed by atoms with van der Waals surface area (Å²) >= 11 is 0. The highest BCUT2D eigenvalue weighted by Gasteiger charge is 2.48. The van der Waals surface area contributed by atoms with Gasteiger partial charge in [-0.25, -0.2) is 0 Å². The zero-order valence-corrected chi connectivity index (χ0v) is 22.0. The number of para-hydroxylation sites is 2. The molecule has 1 nitrogen and oxygen atoms in total. The molecule has 0 unspecified atom stereocenters. The summed E-state index contributed by atoms with van der Waals surface area (Å²) in [4.78, 5) is 2.33. The molecule has 0 saturated carbocycles. The predicted molar refractivity (Wildman–Crippen MR) is 164 cm³/mol. The van der Waals surface area contributed by atoms with Crippen molar-refractivity contribution in [3.05, 3.63) is 164 Å². The van der Waals surface area contributed by atoms with Crippen molar-refractivity contribution in [2.75, 3.05) is 4.90 Å². The number of anilines is 3. The summed E-state index contributed by atoms with van der Waals surface area (Å²) < 4.78 is 0. The lowest BCUT2D eigenvalue weighted by molar-refractivity contribution is 1.28. The Kier molecular flexibility index (Phi) is 5.53. The largest absolute Gasteiger partial charge is 0.311 e. The van der Waals surface area contributed by atoms with Crippen LogP contribution in [0, 0.1) is 0 Å². The lowest BCUT2D eigenvalue weighted by Gasteiger charge is -2.32. The zero-order chi connectivity index (χ0) is 25.4. The first-order valence-corrected chi connectivity index (χ1v) is 15.1. The van der Waals surface area contributed by atoms with Gasteiger partial charge >= 0.3 is 0 Å². The zero-order valence-electron chi connectivity index (χ0n) is 21.0. The smallest absolute Gasteiger partial charge is 0.180 e. The molecule has 7 rings (SSSR count). The topological polar surface area (TPSA) is 3.24 Å². The normalized spacial score (nSPS) is 12.9. The van der Waals surface area contributed by atoms with E-state index in [-0.39, 0.29) is 0 Å². The first-order chi connectivity index (χ1) is 18.9. The van der Waals surface area contributed by atoms with Crippen LogP contribution in [0.1, 0.15) is 0 Å². The van der Waals surface area contributed by atoms with E-state index in [1.807, 2.05) is 0 Å². The molecule has 0 aromatic heterocycles. The first kappa shape index (κ1) is 22.5. The van der Waals surface area contributed by atoms with E-state index in [0.29, 0.717) is 0 Å². The third-order valence-corrected chi connectivity index (χ3v) is 12.6. The van der Waals surface area contributed by atoms with Crippen LogP contribution in [0.15, 0.2) is 164 Å². The molecule has 38 heavy (non-hydrogen) atoms. The van der Waals surface area contributed by atoms with Gasteiger partial charge in [-0.05, 0) is 68.3 Å². The summed E-state index contributed by atoms with van der Waals surface area (Å²) in [5, 5.41) is 5.78. The number of hydrogen-bond acceptors (Lipinski definition) is 1. The summed E-state index contributed by atoms with van der Waals surface area (Å²) in [6, 6.07) is 59.8. The van der Waals surface area contributed by atoms with Crippen molar-refractivity contribution in [1.29, 1.82) is 0 Å². The molecule has 0 radical (unpaired) electrons. The first-order valence-electron chi connectivity index (χ1n) is 13.1. The van der Waals surface area contributed by atoms with Gasteiger partial charge in [0.1, 0.15) is 0 Å². The Hall–Kier alpha value is -4.66. The summed E-state index contributed by atoms with van der Waals surface area (Å²) in [7, 11) is -2.46. The summed E-state index contributed by atoms with van der Waals surface area (Å²) in [5.74, 6) is 0. The van der Waals surface area contributed by atoms with Crippen molar-refractivity contribution in [1.82, 2.24) is 0 Å². The van der Waals surface area contributed by atoms with Crippen molar-refractivity contribution in [2.24, 2.45) is 0 Å². The second-order valence-electron chi connectivity index (χ2n) is 9.76. The van der Waals surface area contributed by atoms with Crippen molar-refractivity contribution in [3.63, 3.8) is 0 Å². The molecular formula is C36H27NSi. The van der Waals surface area contributed by atoms with E-state index in [2.05, 4.69) is 169 Å². The van der Waals surface area contributed by atoms with Crippen LogP contribution in [-0.4, -0.2) is 8.07 Å². The molecule has 180 valence electrons. The van der Waals surface area contributed by atoms with Crippen LogP contribution in [0.5, 0.6) is 0 Å². The second kappa shape index (κ2) is 9.33. The Morgan fingerprint density at radius 3 is 1.18 bits per heavy atom. The molecule has 1 heterocycles. The lowest BCUT2D eigenvalue weighted by atomic mass is 10.1. The van der Waals surface area contributed by atoms with Crippen LogP contribution in [0.3, 0.4) is 0 Å². The van der Waals surface area contributed by atoms with Crippen LogP contribution in [0.25, 0.3) is 11.1 Å². The SMILES string of the molecule is c1ccc(N(c2ccccc2)c2ccc([Si]3(c4ccccc4)c4ccccc4-c4ccccc43)cc2)cc1. The average molecular weight is 502 g/mol. The molecule has 0 amide bonds. The van der Waals surface area contributed by atoms with Gasteiger partial charge in [-0.3, -0.25) is 0 Å². The van der Waals surface area contributed by atoms with Crippen molar-refractivity contribution in [3.8, 4) is 11.1 Å². The van der Waals surface area contributed by atoms with Gasteiger partial charge in [0, 0.05) is 17.1 Å². The van der Waals surface area contributed by atoms with Crippen molar-refractivity contribution >= 4 is 45.9 Å². The Labute approximate surface area is 225 Å². The van der Waals surface area contributed by atoms with E-state index >= 15 is 0 Å². The van der Waals surface area contributed by atoms with Gasteiger partial charge in [0.15, 0.2) is 8.07 Å². The highest BCUT2D eigenvalue weighted by atomic mass is 28.3. The fourth-order valence-electron chi connectivity index (χ4n) is 6.17. The lowest BCUT2D eigenvalue weighted by Crippen LogP contribution is -2.72. The van der Waals surface area contributed by atoms with Gasteiger partial charge in [-0.15, -0.1) is 0 Å². The quantitative estimate of drug-likeness (QED) is 0.243. The Morgan fingerprint density at radius 1 is 0.316 bits per heavy atom. The molecule has 0 atom stereocenters. The summed E-state index contributed by atoms with van der Waals surface area (Å²) in [6.07, 6.45) is 0. The predicted octanol–water partition coefficient (Wildman–Crippen LogP) is 6.51. The Morgan fingerprint density at radius 2 is 0.684 bits per heavy atom. The van der Waals surface area contributed by atoms with Crippen molar-refractivity contribution < 1.29 is 0 Å². The minimum absolute atomic E-state index is 1.15. The molecule has 6 aromatic rings. The van der Waals surface area contributed by atoms with Gasteiger partial charge in [-0.2, -0.15) is 0 Å². The molecular weight excluding hydrogens is 474 g/mol. The highest BCUT2D eigenvalue weighted by Crippen LogP contribution is 2.34. The highest BCUT2D eigenvalue weighted by molar-refractivity contribution is 7.22. The molecule has 0 N–H and O–H groups in total. The molecule has 0 aliphatic carbocycles. The van der Waals surface area contributed by atoms with E-state index in [1.54, 1.807) is 0 Å². The van der Waals surface area contributed by atoms with Gasteiger partial charge in [0.2, 0.25) is 0 Å². The molecule has 0 spiro atoms. The monoisotopic (exact) mass is 501 g/mol. The molecule has 0 bridgehead atoms. The van der Waals surface area contributed by atoms with Crippen molar-refractivity contribution in [2.45, 2.75) is 0 Å². The van der Waals surface area contributed by atoms with Crippen LogP contribution in [0.4, 0.5) is 17.1 Å². The fourth-order valence-corrected chi connectivity index (χ4v) is 11.3. The molecule has 0 fully saturated rings. The van der Waals surface area contributed by atoms with E-state index in [0.717, 1.165) is 17.1 Å². The maximum Gasteiger partial charge on any atom is 0.180 e. The molecule has 2 heteroatoms. The molecule has 0 saturated heterocycles. The minimum Gasteiger partial charge on any atom is -0.311 e. The van der Waals surface area contributed by atoms with Gasteiger partial charge in [0.25, 0.3) is 0 Å². The maximum absolute atomic E-state index is 2.46. The van der Waals surface area contributed by atoms with Crippen LogP contribution < -0.4 is 25.6 Å². The standard InChI is InChI=1S/C36H27NSi/c1-4-14-28(15-5-1)37(29-16-6-2-7-17-29)30-24-26-32(27-25-30)38(31-18-8-3-9-19-31)35-22-12-10-20-33(35)34-21-11-13-23-36(34)38/h1-27H. The second-order valence-corrected chi connectivity index (χ2v) is 13.5. The number of benzene rings is 6. The Balaban J connectivity index is 1.45. The molecule has 1 aliphatic heterocycles. The maximum atomic E-state index is 2.38. The van der Waals surface area contributed by atoms with Gasteiger partial charge in [-0.1, -0.05) is 127 Å². The molecule has 6 aromatic carbocycles. The van der Waals surface area contributed by atoms with E-state index in [4.69, 9.17) is 0 Å². The fraction of sp³-hybridized carbons (Fsp3) is 0. The minimum atomic E-state index is -2.46. The number of fused-ring (bicyclic) bond motifs is 3.